The highest BCUT2D eigenvalue weighted by molar-refractivity contribution is 5.95. The summed E-state index contributed by atoms with van der Waals surface area (Å²) in [5, 5.41) is 4.07. The molecule has 0 saturated carbocycles. The molecule has 1 N–H and O–H groups in total. The second-order valence-electron chi connectivity index (χ2n) is 7.73. The third kappa shape index (κ3) is 5.15. The van der Waals surface area contributed by atoms with E-state index in [1.54, 1.807) is 38.6 Å². The van der Waals surface area contributed by atoms with Crippen LogP contribution < -0.4 is 14.9 Å². The van der Waals surface area contributed by atoms with Crippen molar-refractivity contribution in [2.24, 2.45) is 5.10 Å². The molecule has 3 aromatic rings. The number of benzene rings is 3. The van der Waals surface area contributed by atoms with E-state index in [0.717, 1.165) is 26.1 Å². The summed E-state index contributed by atoms with van der Waals surface area (Å²) in [6, 6.07) is 21.7. The number of hydrogen-bond donors (Lipinski definition) is 1. The number of hydrogen-bond acceptors (Lipinski definition) is 5. The largest absolute Gasteiger partial charge is 0.497 e. The fraction of sp³-hybridized carbons (Fsp3) is 0.231. The van der Waals surface area contributed by atoms with Gasteiger partial charge in [-0.1, -0.05) is 36.4 Å². The Labute approximate surface area is 188 Å². The van der Waals surface area contributed by atoms with Gasteiger partial charge in [0, 0.05) is 30.8 Å². The molecular formula is C26H27N3O3. The Morgan fingerprint density at radius 1 is 1.03 bits per heavy atom. The van der Waals surface area contributed by atoms with Gasteiger partial charge in [0.2, 0.25) is 0 Å². The average molecular weight is 430 g/mol. The minimum absolute atomic E-state index is 0.262. The first-order valence-electron chi connectivity index (χ1n) is 10.6. The number of fused-ring (bicyclic) bond motifs is 1. The fourth-order valence-corrected chi connectivity index (χ4v) is 3.87. The van der Waals surface area contributed by atoms with Gasteiger partial charge in [-0.3, -0.25) is 9.69 Å². The lowest BCUT2D eigenvalue weighted by atomic mass is 9.99. The van der Waals surface area contributed by atoms with Crippen molar-refractivity contribution in [3.63, 3.8) is 0 Å². The van der Waals surface area contributed by atoms with Gasteiger partial charge >= 0.3 is 0 Å². The van der Waals surface area contributed by atoms with Crippen LogP contribution in [0.1, 0.15) is 32.6 Å². The van der Waals surface area contributed by atoms with Crippen LogP contribution in [0.4, 0.5) is 0 Å². The van der Waals surface area contributed by atoms with Crippen LogP contribution in [0.2, 0.25) is 0 Å². The zero-order valence-electron chi connectivity index (χ0n) is 18.4. The average Bonchev–Trinajstić information content (AvgIpc) is 2.84. The SMILES string of the molecule is COc1ccc(OC)c(C=NNC(=O)c2ccc(CN3CCc4ccccc4C3)cc2)c1. The lowest BCUT2D eigenvalue weighted by molar-refractivity contribution is 0.0955. The molecule has 1 amide bonds. The second kappa shape index (κ2) is 10.1. The Balaban J connectivity index is 1.34. The Kier molecular flexibility index (Phi) is 6.82. The molecule has 4 rings (SSSR count). The van der Waals surface area contributed by atoms with Gasteiger partial charge in [0.15, 0.2) is 0 Å². The first kappa shape index (κ1) is 21.6. The van der Waals surface area contributed by atoms with Crippen molar-refractivity contribution in [3.05, 3.63) is 94.5 Å². The van der Waals surface area contributed by atoms with E-state index in [9.17, 15) is 4.79 Å². The number of hydrazone groups is 1. The van der Waals surface area contributed by atoms with Crippen molar-refractivity contribution in [3.8, 4) is 11.5 Å². The van der Waals surface area contributed by atoms with E-state index in [0.29, 0.717) is 22.6 Å². The van der Waals surface area contributed by atoms with E-state index in [-0.39, 0.29) is 5.91 Å². The van der Waals surface area contributed by atoms with Gasteiger partial charge < -0.3 is 9.47 Å². The quantitative estimate of drug-likeness (QED) is 0.455. The Bertz CT molecular complexity index is 1110. The number of nitrogens with one attached hydrogen (secondary N) is 1. The number of rotatable bonds is 7. The van der Waals surface area contributed by atoms with E-state index in [2.05, 4.69) is 39.7 Å². The number of ether oxygens (including phenoxy) is 2. The molecule has 0 fully saturated rings. The molecule has 1 aliphatic rings. The summed E-state index contributed by atoms with van der Waals surface area (Å²) in [5.74, 6) is 1.07. The summed E-state index contributed by atoms with van der Waals surface area (Å²) in [6.45, 7) is 2.87. The Hall–Kier alpha value is -3.64. The lowest BCUT2D eigenvalue weighted by Crippen LogP contribution is -2.30. The highest BCUT2D eigenvalue weighted by Crippen LogP contribution is 2.22. The van der Waals surface area contributed by atoms with Crippen molar-refractivity contribution >= 4 is 12.1 Å². The maximum atomic E-state index is 12.5. The molecule has 1 heterocycles. The smallest absolute Gasteiger partial charge is 0.271 e. The maximum Gasteiger partial charge on any atom is 0.271 e. The molecule has 32 heavy (non-hydrogen) atoms. The fourth-order valence-electron chi connectivity index (χ4n) is 3.87. The van der Waals surface area contributed by atoms with Gasteiger partial charge in [-0.15, -0.1) is 0 Å². The lowest BCUT2D eigenvalue weighted by Gasteiger charge is -2.28. The van der Waals surface area contributed by atoms with Crippen LogP contribution in [-0.4, -0.2) is 37.8 Å². The van der Waals surface area contributed by atoms with Crippen molar-refractivity contribution in [2.75, 3.05) is 20.8 Å². The predicted octanol–water partition coefficient (Wildman–Crippen LogP) is 4.03. The standard InChI is InChI=1S/C26H27N3O3/c1-31-24-11-12-25(32-2)23(15-24)16-27-28-26(30)21-9-7-19(8-10-21)17-29-14-13-20-5-3-4-6-22(20)18-29/h3-12,15-16H,13-14,17-18H2,1-2H3,(H,28,30). The molecule has 6 heteroatoms. The predicted molar refractivity (Wildman–Crippen MR) is 125 cm³/mol. The van der Waals surface area contributed by atoms with Gasteiger partial charge in [0.1, 0.15) is 11.5 Å². The Morgan fingerprint density at radius 2 is 1.81 bits per heavy atom. The van der Waals surface area contributed by atoms with Crippen LogP contribution >= 0.6 is 0 Å². The van der Waals surface area contributed by atoms with E-state index in [1.165, 1.54) is 16.7 Å². The van der Waals surface area contributed by atoms with Gasteiger partial charge in [0.05, 0.1) is 20.4 Å². The van der Waals surface area contributed by atoms with E-state index in [1.807, 2.05) is 24.3 Å². The molecular weight excluding hydrogens is 402 g/mol. The van der Waals surface area contributed by atoms with Gasteiger partial charge in [-0.2, -0.15) is 5.10 Å². The number of carbonyl (C=O) groups is 1. The minimum atomic E-state index is -0.262. The van der Waals surface area contributed by atoms with E-state index >= 15 is 0 Å². The molecule has 0 unspecified atom stereocenters. The van der Waals surface area contributed by atoms with Crippen LogP contribution in [0, 0.1) is 0 Å². The molecule has 0 radical (unpaired) electrons. The molecule has 0 saturated heterocycles. The summed E-state index contributed by atoms with van der Waals surface area (Å²) < 4.78 is 10.5. The first-order valence-corrected chi connectivity index (χ1v) is 10.6. The van der Waals surface area contributed by atoms with Crippen LogP contribution in [0.5, 0.6) is 11.5 Å². The monoisotopic (exact) mass is 429 g/mol. The van der Waals surface area contributed by atoms with E-state index < -0.39 is 0 Å². The minimum Gasteiger partial charge on any atom is -0.497 e. The molecule has 0 atom stereocenters. The Morgan fingerprint density at radius 3 is 2.56 bits per heavy atom. The van der Waals surface area contributed by atoms with Gasteiger partial charge in [-0.25, -0.2) is 5.43 Å². The number of methoxy groups -OCH3 is 2. The normalized spacial score (nSPS) is 13.6. The highest BCUT2D eigenvalue weighted by Gasteiger charge is 2.16. The molecule has 0 aliphatic carbocycles. The number of nitrogens with zero attached hydrogens (tertiary/aromatic N) is 2. The van der Waals surface area contributed by atoms with Crippen molar-refractivity contribution in [2.45, 2.75) is 19.5 Å². The highest BCUT2D eigenvalue weighted by atomic mass is 16.5. The van der Waals surface area contributed by atoms with Crippen molar-refractivity contribution < 1.29 is 14.3 Å². The molecule has 6 nitrogen and oxygen atoms in total. The molecule has 0 spiro atoms. The van der Waals surface area contributed by atoms with Crippen LogP contribution in [0.3, 0.4) is 0 Å². The molecule has 164 valence electrons. The maximum absolute atomic E-state index is 12.5. The molecule has 0 bridgehead atoms. The number of amides is 1. The van der Waals surface area contributed by atoms with Crippen LogP contribution in [0.15, 0.2) is 71.8 Å². The summed E-state index contributed by atoms with van der Waals surface area (Å²) in [6.07, 6.45) is 2.62. The summed E-state index contributed by atoms with van der Waals surface area (Å²) in [5.41, 5.74) is 7.88. The second-order valence-corrected chi connectivity index (χ2v) is 7.73. The van der Waals surface area contributed by atoms with Crippen LogP contribution in [-0.2, 0) is 19.5 Å². The van der Waals surface area contributed by atoms with Gasteiger partial charge in [0.25, 0.3) is 5.91 Å². The third-order valence-electron chi connectivity index (χ3n) is 5.64. The van der Waals surface area contributed by atoms with Crippen molar-refractivity contribution in [1.29, 1.82) is 0 Å². The topological polar surface area (TPSA) is 63.2 Å². The zero-order valence-corrected chi connectivity index (χ0v) is 18.4. The third-order valence-corrected chi connectivity index (χ3v) is 5.64. The molecule has 0 aromatic heterocycles. The summed E-state index contributed by atoms with van der Waals surface area (Å²) in [4.78, 5) is 14.9. The number of carbonyl (C=O) groups excluding carboxylic acids is 1. The van der Waals surface area contributed by atoms with Crippen LogP contribution in [0.25, 0.3) is 0 Å². The summed E-state index contributed by atoms with van der Waals surface area (Å²) in [7, 11) is 3.18. The first-order chi connectivity index (χ1) is 15.7. The molecule has 3 aromatic carbocycles. The summed E-state index contributed by atoms with van der Waals surface area (Å²) >= 11 is 0. The van der Waals surface area contributed by atoms with E-state index in [4.69, 9.17) is 9.47 Å². The van der Waals surface area contributed by atoms with Crippen molar-refractivity contribution in [1.82, 2.24) is 10.3 Å². The zero-order chi connectivity index (χ0) is 22.3. The molecule has 1 aliphatic heterocycles. The van der Waals surface area contributed by atoms with Gasteiger partial charge in [-0.05, 0) is 53.4 Å².